The van der Waals surface area contributed by atoms with Gasteiger partial charge < -0.3 is 24.7 Å². The first-order valence-electron chi connectivity index (χ1n) is 3.76. The molecule has 0 aromatic rings. The van der Waals surface area contributed by atoms with Crippen molar-refractivity contribution in [1.29, 1.82) is 0 Å². The molecule has 10 nitrogen and oxygen atoms in total. The minimum absolute atomic E-state index is 0. The number of aliphatic carboxylic acids is 1. The van der Waals surface area contributed by atoms with Crippen LogP contribution in [0.2, 0.25) is 0 Å². The summed E-state index contributed by atoms with van der Waals surface area (Å²) in [4.78, 5) is 18.5. The van der Waals surface area contributed by atoms with Crippen molar-refractivity contribution in [3.63, 3.8) is 0 Å². The zero-order valence-corrected chi connectivity index (χ0v) is 20.9. The van der Waals surface area contributed by atoms with Crippen molar-refractivity contribution in [2.45, 2.75) is 0 Å². The van der Waals surface area contributed by atoms with E-state index in [-0.39, 0.29) is 94.1 Å². The van der Waals surface area contributed by atoms with Gasteiger partial charge in [-0.1, -0.05) is 7.77 Å². The van der Waals surface area contributed by atoms with E-state index < -0.39 is 46.4 Å². The Labute approximate surface area is 206 Å². The first kappa shape index (κ1) is 50.3. The van der Waals surface area contributed by atoms with Crippen LogP contribution in [-0.2, 0) is 35.4 Å². The molecule has 0 spiro atoms. The van der Waals surface area contributed by atoms with E-state index >= 15 is 0 Å². The fraction of sp³-hybridized carbons (Fsp3) is 0.600. The number of hydrogen-bond acceptors (Lipinski definition) is 10. The number of ether oxygens (including phenoxy) is 1. The predicted octanol–water partition coefficient (Wildman–Crippen LogP) is -10.7. The minimum Gasteiger partial charge on any atom is -0.870 e. The molecule has 138 valence electrons. The second-order valence-corrected chi connectivity index (χ2v) is 3.53. The largest absolute Gasteiger partial charge is 1.00 e. The second kappa shape index (κ2) is 30.1. The second-order valence-electron chi connectivity index (χ2n) is 1.99. The van der Waals surface area contributed by atoms with Crippen molar-refractivity contribution < 1.29 is 155 Å². The number of carbonyl (C=O) groups is 2. The molecular weight excluding hydrogens is 448 g/mol. The maximum Gasteiger partial charge on any atom is 1.00 e. The molecule has 0 aromatic heterocycles. The van der Waals surface area contributed by atoms with Gasteiger partial charge in [0.05, 0.1) is 13.1 Å². The average Bonchev–Trinajstić information content (AvgIpc) is 2.24. The molecule has 0 amide bonds. The number of carboxylic acid groups (broad SMARTS) is 1. The van der Waals surface area contributed by atoms with Crippen LogP contribution in [0.4, 0.5) is 20.4 Å². The SMILES string of the molecule is COC(=O)CF.O=C([O-])CF.O=S(=O)(F)F.O=S(=O)([O-])F.[Na+].[Na+].[Na+].[OH-]. The Morgan fingerprint density at radius 3 is 1.08 bits per heavy atom. The van der Waals surface area contributed by atoms with Crippen LogP contribution in [-0.4, -0.2) is 59.3 Å². The Balaban J connectivity index is -0.0000000245. The number of halogens is 5. The third-order valence-electron chi connectivity index (χ3n) is 0.446. The van der Waals surface area contributed by atoms with Gasteiger partial charge in [0.2, 0.25) is 0 Å². The van der Waals surface area contributed by atoms with Crippen LogP contribution < -0.4 is 93.8 Å². The molecule has 0 bridgehead atoms. The normalized spacial score (nSPS) is 7.96. The van der Waals surface area contributed by atoms with E-state index in [2.05, 4.69) is 4.74 Å². The van der Waals surface area contributed by atoms with Crippen LogP contribution in [0, 0.1) is 0 Å². The topological polar surface area (TPSA) is 188 Å². The Bertz CT molecular complexity index is 435. The molecule has 20 heteroatoms. The first-order chi connectivity index (χ1) is 9.08. The van der Waals surface area contributed by atoms with Gasteiger partial charge in [-0.05, 0) is 0 Å². The Hall–Kier alpha value is 1.41. The number of rotatable bonds is 2. The first-order valence-corrected chi connectivity index (χ1v) is 6.36. The van der Waals surface area contributed by atoms with E-state index in [0.717, 1.165) is 7.11 Å². The van der Waals surface area contributed by atoms with Crippen molar-refractivity contribution in [3.8, 4) is 0 Å². The van der Waals surface area contributed by atoms with Crippen molar-refractivity contribution in [2.75, 3.05) is 20.5 Å². The van der Waals surface area contributed by atoms with Crippen molar-refractivity contribution in [3.05, 3.63) is 0 Å². The summed E-state index contributed by atoms with van der Waals surface area (Å²) in [5.74, 6) is -2.49. The van der Waals surface area contributed by atoms with Gasteiger partial charge in [0, 0.05) is 0 Å². The number of esters is 1. The molecule has 0 heterocycles. The summed E-state index contributed by atoms with van der Waals surface area (Å²) < 4.78 is 97.2. The Morgan fingerprint density at radius 1 is 0.920 bits per heavy atom. The maximum atomic E-state index is 10.9. The summed E-state index contributed by atoms with van der Waals surface area (Å²) in [6, 6.07) is 0. The van der Waals surface area contributed by atoms with Crippen LogP contribution in [0.25, 0.3) is 0 Å². The van der Waals surface area contributed by atoms with Crippen molar-refractivity contribution >= 4 is 33.1 Å². The molecule has 0 rings (SSSR count). The fourth-order valence-corrected chi connectivity index (χ4v) is 0.0546. The molecule has 0 aliphatic heterocycles. The fourth-order valence-electron chi connectivity index (χ4n) is 0.0546. The molecule has 0 aromatic carbocycles. The van der Waals surface area contributed by atoms with Gasteiger partial charge in [0.1, 0.15) is 6.67 Å². The van der Waals surface area contributed by atoms with Crippen molar-refractivity contribution in [2.24, 2.45) is 0 Å². The number of methoxy groups -OCH3 is 1. The monoisotopic (exact) mass is 456 g/mol. The summed E-state index contributed by atoms with van der Waals surface area (Å²) >= 11 is 0. The summed E-state index contributed by atoms with van der Waals surface area (Å²) in [5.41, 5.74) is 0. The standard InChI is InChI=1S/C3H5FO2.C2H3FO2.F2O2S.FHO3S.3Na.H2O/c1-6-3(5)2-4;3-1-2(4)5;2*1-5(2,3)4;;;;/h2H2,1H3;1H2,(H,4,5);;(H,2,3,4);;;;1H2/q;;;;3*+1;/p-3. The van der Waals surface area contributed by atoms with E-state index in [9.17, 15) is 25.2 Å². The van der Waals surface area contributed by atoms with E-state index in [1.54, 1.807) is 0 Å². The maximum absolute atomic E-state index is 10.9. The molecule has 0 saturated carbocycles. The minimum atomic E-state index is -5.67. The molecule has 1 N–H and O–H groups in total. The van der Waals surface area contributed by atoms with E-state index in [0.29, 0.717) is 0 Å². The van der Waals surface area contributed by atoms with Crippen LogP contribution >= 0.6 is 0 Å². The van der Waals surface area contributed by atoms with Gasteiger partial charge >= 0.3 is 105 Å². The van der Waals surface area contributed by atoms with E-state index in [1.807, 2.05) is 0 Å². The molecule has 0 radical (unpaired) electrons. The molecule has 0 unspecified atom stereocenters. The Morgan fingerprint density at radius 2 is 1.08 bits per heavy atom. The number of alkyl halides is 2. The van der Waals surface area contributed by atoms with Gasteiger partial charge in [-0.15, -0.1) is 3.89 Å². The van der Waals surface area contributed by atoms with Crippen LogP contribution in [0.15, 0.2) is 0 Å². The van der Waals surface area contributed by atoms with Gasteiger partial charge in [-0.2, -0.15) is 8.42 Å². The van der Waals surface area contributed by atoms with Gasteiger partial charge in [0.25, 0.3) is 10.5 Å². The molecule has 0 saturated heterocycles. The summed E-state index contributed by atoms with van der Waals surface area (Å²) in [5, 5.41) is 8.88. The summed E-state index contributed by atoms with van der Waals surface area (Å²) in [7, 11) is -9.94. The van der Waals surface area contributed by atoms with Crippen molar-refractivity contribution in [1.82, 2.24) is 0 Å². The van der Waals surface area contributed by atoms with E-state index in [4.69, 9.17) is 31.3 Å². The van der Waals surface area contributed by atoms with Crippen LogP contribution in [0.1, 0.15) is 0 Å². The van der Waals surface area contributed by atoms with Crippen LogP contribution in [0.5, 0.6) is 0 Å². The molecule has 0 fully saturated rings. The summed E-state index contributed by atoms with van der Waals surface area (Å²) in [6.45, 7) is -2.42. The summed E-state index contributed by atoms with van der Waals surface area (Å²) in [6.07, 6.45) is 0. The number of hydrogen-bond donors (Lipinski definition) is 0. The van der Waals surface area contributed by atoms with Gasteiger partial charge in [-0.25, -0.2) is 22.0 Å². The Kier molecular flexibility index (Phi) is 60.7. The third kappa shape index (κ3) is 254. The number of carbonyl (C=O) groups excluding carboxylic acids is 2. The molecule has 0 aliphatic rings. The zero-order chi connectivity index (χ0) is 18.3. The molecule has 0 atom stereocenters. The average molecular weight is 456 g/mol. The predicted molar refractivity (Wildman–Crippen MR) is 52.8 cm³/mol. The smallest absolute Gasteiger partial charge is 0.870 e. The van der Waals surface area contributed by atoms with E-state index in [1.165, 1.54) is 0 Å². The van der Waals surface area contributed by atoms with Gasteiger partial charge in [-0.3, -0.25) is 0 Å². The quantitative estimate of drug-likeness (QED) is 0.127. The number of carboxylic acids is 1. The molecule has 25 heavy (non-hydrogen) atoms. The van der Waals surface area contributed by atoms with Crippen LogP contribution in [0.3, 0.4) is 0 Å². The molecular formula is C5H8F5Na3O10S2. The molecule has 0 aliphatic carbocycles. The van der Waals surface area contributed by atoms with Gasteiger partial charge in [0.15, 0.2) is 6.67 Å². The third-order valence-corrected chi connectivity index (χ3v) is 0.446. The zero-order valence-electron chi connectivity index (χ0n) is 13.2.